The Morgan fingerprint density at radius 1 is 1.15 bits per heavy atom. The summed E-state index contributed by atoms with van der Waals surface area (Å²) < 4.78 is 91.3. The fourth-order valence-electron chi connectivity index (χ4n) is 3.27. The van der Waals surface area contributed by atoms with E-state index in [1.807, 2.05) is 0 Å². The van der Waals surface area contributed by atoms with Crippen molar-refractivity contribution in [2.75, 3.05) is 19.7 Å². The molecule has 2 aromatic rings. The van der Waals surface area contributed by atoms with Gasteiger partial charge in [-0.3, -0.25) is 0 Å². The summed E-state index contributed by atoms with van der Waals surface area (Å²) in [5, 5.41) is 0. The van der Waals surface area contributed by atoms with Crippen molar-refractivity contribution in [1.82, 2.24) is 4.31 Å². The van der Waals surface area contributed by atoms with Gasteiger partial charge in [-0.25, -0.2) is 22.5 Å². The average molecular weight is 495 g/mol. The highest BCUT2D eigenvalue weighted by Crippen LogP contribution is 2.39. The molecule has 0 unspecified atom stereocenters. The Bertz CT molecular complexity index is 1330. The average Bonchev–Trinajstić information content (AvgIpc) is 3.15. The number of hydrogen-bond donors (Lipinski definition) is 0. The van der Waals surface area contributed by atoms with Crippen molar-refractivity contribution in [3.8, 4) is 11.5 Å². The van der Waals surface area contributed by atoms with Gasteiger partial charge in [-0.2, -0.15) is 17.5 Å². The molecule has 1 heterocycles. The molecule has 0 aromatic heterocycles. The highest BCUT2D eigenvalue weighted by atomic mass is 32.2. The first-order valence-electron chi connectivity index (χ1n) is 9.69. The summed E-state index contributed by atoms with van der Waals surface area (Å²) >= 11 is 0. The molecular weight excluding hydrogens is 478 g/mol. The molecule has 0 aliphatic carbocycles. The molecule has 7 nitrogen and oxygen atoms in total. The number of halogens is 4. The summed E-state index contributed by atoms with van der Waals surface area (Å²) in [6.07, 6.45) is -5.67. The van der Waals surface area contributed by atoms with Gasteiger partial charge in [0.05, 0.1) is 31.2 Å². The lowest BCUT2D eigenvalue weighted by molar-refractivity contribution is -0.137. The summed E-state index contributed by atoms with van der Waals surface area (Å²) in [5.74, 6) is -0.830. The number of sulfonamides is 1. The van der Waals surface area contributed by atoms with Gasteiger partial charge in [-0.05, 0) is 24.6 Å². The molecule has 34 heavy (non-hydrogen) atoms. The molecule has 0 N–H and O–H groups in total. The van der Waals surface area contributed by atoms with Crippen LogP contribution in [0.1, 0.15) is 12.5 Å². The van der Waals surface area contributed by atoms with Crippen LogP contribution in [0.3, 0.4) is 0 Å². The molecule has 178 valence electrons. The van der Waals surface area contributed by atoms with Crippen LogP contribution in [-0.2, 0) is 16.2 Å². The van der Waals surface area contributed by atoms with E-state index >= 15 is 0 Å². The van der Waals surface area contributed by atoms with Crippen LogP contribution >= 0.6 is 0 Å². The molecule has 1 fully saturated rings. The zero-order chi connectivity index (χ0) is 25.3. The van der Waals surface area contributed by atoms with Crippen molar-refractivity contribution in [2.45, 2.75) is 24.1 Å². The molecule has 0 radical (unpaired) electrons. The second kappa shape index (κ2) is 9.33. The molecule has 1 aliphatic rings. The summed E-state index contributed by atoms with van der Waals surface area (Å²) in [6, 6.07) is 3.94. The van der Waals surface area contributed by atoms with Gasteiger partial charge in [0, 0.05) is 18.2 Å². The zero-order valence-corrected chi connectivity index (χ0v) is 18.5. The maximum Gasteiger partial charge on any atom is 0.415 e. The fourth-order valence-corrected chi connectivity index (χ4v) is 4.83. The summed E-state index contributed by atoms with van der Waals surface area (Å²) in [7, 11) is -4.37. The Hall–Kier alpha value is -3.61. The van der Waals surface area contributed by atoms with E-state index in [9.17, 15) is 26.0 Å². The minimum Gasteiger partial charge on any atom is -0.491 e. The standard InChI is InChI=1S/C22H17F4N3O4S/c1-5-32-18-10-16(27-3)15(23)9-19(18)33-20-12-29(11-13(20)2)34(30,31)21-7-6-14(22(24,25)26)8-17(21)28-4/h6-10,20H,2,5,11-12H2,1H3/t20-/m0/s1. The van der Waals surface area contributed by atoms with Crippen LogP contribution in [0.5, 0.6) is 11.5 Å². The number of rotatable bonds is 6. The predicted octanol–water partition coefficient (Wildman–Crippen LogP) is 5.35. The van der Waals surface area contributed by atoms with Crippen molar-refractivity contribution < 1.29 is 35.5 Å². The van der Waals surface area contributed by atoms with Gasteiger partial charge in [-0.1, -0.05) is 18.7 Å². The van der Waals surface area contributed by atoms with E-state index in [2.05, 4.69) is 16.3 Å². The van der Waals surface area contributed by atoms with Crippen LogP contribution in [0.4, 0.5) is 28.9 Å². The molecule has 0 amide bonds. The van der Waals surface area contributed by atoms with Gasteiger partial charge in [0.15, 0.2) is 11.5 Å². The molecule has 3 rings (SSSR count). The number of hydrogen-bond acceptors (Lipinski definition) is 4. The molecule has 1 atom stereocenters. The molecule has 0 bridgehead atoms. The summed E-state index contributed by atoms with van der Waals surface area (Å²) in [6.45, 7) is 19.3. The van der Waals surface area contributed by atoms with E-state index in [1.165, 1.54) is 0 Å². The van der Waals surface area contributed by atoms with Gasteiger partial charge < -0.3 is 9.47 Å². The van der Waals surface area contributed by atoms with Crippen LogP contribution in [0.25, 0.3) is 9.69 Å². The van der Waals surface area contributed by atoms with Gasteiger partial charge >= 0.3 is 6.18 Å². The SMILES string of the molecule is [C-]#[N+]c1cc(OCC)c(O[C@H]2CN(S(=O)(=O)c3ccc(C(F)(F)F)cc3[N+]#[C-])CC2=C)cc1F. The third kappa shape index (κ3) is 4.83. The molecule has 0 spiro atoms. The van der Waals surface area contributed by atoms with E-state index in [-0.39, 0.29) is 36.9 Å². The van der Waals surface area contributed by atoms with Crippen LogP contribution in [0.2, 0.25) is 0 Å². The highest BCUT2D eigenvalue weighted by molar-refractivity contribution is 7.89. The monoisotopic (exact) mass is 495 g/mol. The normalized spacial score (nSPS) is 16.7. The van der Waals surface area contributed by atoms with E-state index in [0.29, 0.717) is 17.7 Å². The second-order valence-corrected chi connectivity index (χ2v) is 9.06. The smallest absolute Gasteiger partial charge is 0.415 e. The second-order valence-electron chi connectivity index (χ2n) is 7.15. The Labute approximate surface area is 193 Å². The number of benzene rings is 2. The molecule has 0 saturated carbocycles. The molecule has 1 saturated heterocycles. The van der Waals surface area contributed by atoms with Crippen LogP contribution < -0.4 is 9.47 Å². The van der Waals surface area contributed by atoms with Crippen molar-refractivity contribution in [1.29, 1.82) is 0 Å². The van der Waals surface area contributed by atoms with Crippen LogP contribution in [-0.4, -0.2) is 38.5 Å². The lowest BCUT2D eigenvalue weighted by Crippen LogP contribution is -2.31. The fraction of sp³-hybridized carbons (Fsp3) is 0.273. The lowest BCUT2D eigenvalue weighted by Gasteiger charge is -2.19. The number of ether oxygens (including phenoxy) is 2. The largest absolute Gasteiger partial charge is 0.491 e. The first-order valence-corrected chi connectivity index (χ1v) is 11.1. The quantitative estimate of drug-likeness (QED) is 0.308. The lowest BCUT2D eigenvalue weighted by atomic mass is 10.2. The van der Waals surface area contributed by atoms with E-state index in [1.54, 1.807) is 6.92 Å². The van der Waals surface area contributed by atoms with Crippen molar-refractivity contribution in [2.24, 2.45) is 0 Å². The molecule has 1 aliphatic heterocycles. The maximum absolute atomic E-state index is 14.1. The summed E-state index contributed by atoms with van der Waals surface area (Å²) in [4.78, 5) is 5.43. The minimum absolute atomic E-state index is 0.0616. The maximum atomic E-state index is 14.1. The highest BCUT2D eigenvalue weighted by Gasteiger charge is 2.39. The third-order valence-electron chi connectivity index (χ3n) is 4.93. The van der Waals surface area contributed by atoms with Crippen molar-refractivity contribution >= 4 is 21.4 Å². The Kier molecular flexibility index (Phi) is 6.87. The predicted molar refractivity (Wildman–Crippen MR) is 114 cm³/mol. The Morgan fingerprint density at radius 3 is 2.41 bits per heavy atom. The van der Waals surface area contributed by atoms with Crippen LogP contribution in [0, 0.1) is 19.0 Å². The summed E-state index contributed by atoms with van der Waals surface area (Å²) in [5.41, 5.74) is -1.78. The Balaban J connectivity index is 1.90. The van der Waals surface area contributed by atoms with Crippen molar-refractivity contribution in [3.05, 3.63) is 76.7 Å². The first-order chi connectivity index (χ1) is 15.9. The molecule has 2 aromatic carbocycles. The molecular formula is C22H17F4N3O4S. The zero-order valence-electron chi connectivity index (χ0n) is 17.7. The topological polar surface area (TPSA) is 64.6 Å². The van der Waals surface area contributed by atoms with E-state index < -0.39 is 44.3 Å². The van der Waals surface area contributed by atoms with Gasteiger partial charge in [-0.15, -0.1) is 0 Å². The first kappa shape index (κ1) is 25.0. The third-order valence-corrected chi connectivity index (χ3v) is 6.79. The van der Waals surface area contributed by atoms with Crippen LogP contribution in [0.15, 0.2) is 47.4 Å². The number of nitrogens with zero attached hydrogens (tertiary/aromatic N) is 3. The van der Waals surface area contributed by atoms with Gasteiger partial charge in [0.1, 0.15) is 11.9 Å². The van der Waals surface area contributed by atoms with Gasteiger partial charge in [0.25, 0.3) is 0 Å². The van der Waals surface area contributed by atoms with E-state index in [0.717, 1.165) is 22.5 Å². The molecule has 12 heteroatoms. The van der Waals surface area contributed by atoms with E-state index in [4.69, 9.17) is 22.6 Å². The van der Waals surface area contributed by atoms with Crippen molar-refractivity contribution in [3.63, 3.8) is 0 Å². The van der Waals surface area contributed by atoms with Gasteiger partial charge in [0.2, 0.25) is 21.4 Å². The minimum atomic E-state index is -4.74. The Morgan fingerprint density at radius 2 is 1.82 bits per heavy atom. The number of alkyl halides is 3.